The molecular formula is C28H34S5. The first-order valence-electron chi connectivity index (χ1n) is 11.8. The molecule has 0 bridgehead atoms. The van der Waals surface area contributed by atoms with E-state index in [4.69, 9.17) is 12.6 Å². The van der Waals surface area contributed by atoms with Crippen molar-refractivity contribution < 1.29 is 0 Å². The Kier molecular flexibility index (Phi) is 10.2. The van der Waals surface area contributed by atoms with Crippen LogP contribution in [0.5, 0.6) is 0 Å². The molecule has 176 valence electrons. The van der Waals surface area contributed by atoms with Gasteiger partial charge < -0.3 is 0 Å². The summed E-state index contributed by atoms with van der Waals surface area (Å²) in [5, 5.41) is 0. The molecule has 33 heavy (non-hydrogen) atoms. The average Bonchev–Trinajstić information content (AvgIpc) is 3.42. The van der Waals surface area contributed by atoms with Crippen LogP contribution in [0.1, 0.15) is 46.9 Å². The van der Waals surface area contributed by atoms with Crippen LogP contribution in [0.2, 0.25) is 0 Å². The summed E-state index contributed by atoms with van der Waals surface area (Å²) < 4.78 is -0.00330. The first kappa shape index (κ1) is 25.8. The molecule has 0 heterocycles. The minimum Gasteiger partial charge on any atom is -0.179 e. The molecule has 0 aliphatic heterocycles. The highest BCUT2D eigenvalue weighted by Crippen LogP contribution is 2.45. The highest BCUT2D eigenvalue weighted by Gasteiger charge is 2.34. The van der Waals surface area contributed by atoms with Gasteiger partial charge in [0.1, 0.15) is 0 Å². The lowest BCUT2D eigenvalue weighted by molar-refractivity contribution is 0.509. The molecule has 2 aliphatic carbocycles. The second-order valence-corrected chi connectivity index (χ2v) is 13.8. The van der Waals surface area contributed by atoms with Gasteiger partial charge in [-0.2, -0.15) is 60.5 Å². The molecule has 0 amide bonds. The van der Waals surface area contributed by atoms with E-state index >= 15 is 0 Å². The van der Waals surface area contributed by atoms with E-state index in [0.29, 0.717) is 11.8 Å². The van der Waals surface area contributed by atoms with Gasteiger partial charge in [-0.05, 0) is 40.8 Å². The van der Waals surface area contributed by atoms with Gasteiger partial charge in [-0.15, -0.1) is 0 Å². The van der Waals surface area contributed by atoms with Crippen molar-refractivity contribution in [3.8, 4) is 0 Å². The Labute approximate surface area is 224 Å². The van der Waals surface area contributed by atoms with E-state index in [-0.39, 0.29) is 4.75 Å². The van der Waals surface area contributed by atoms with E-state index < -0.39 is 0 Å². The van der Waals surface area contributed by atoms with Gasteiger partial charge in [0.25, 0.3) is 0 Å². The van der Waals surface area contributed by atoms with Crippen molar-refractivity contribution >= 4 is 72.7 Å². The summed E-state index contributed by atoms with van der Waals surface area (Å²) in [4.78, 5) is 0. The summed E-state index contributed by atoms with van der Waals surface area (Å²) in [7, 11) is 0. The summed E-state index contributed by atoms with van der Waals surface area (Å²) in [5.41, 5.74) is 5.70. The number of rotatable bonds is 14. The van der Waals surface area contributed by atoms with Crippen LogP contribution in [0.3, 0.4) is 0 Å². The van der Waals surface area contributed by atoms with Crippen molar-refractivity contribution in [2.24, 2.45) is 0 Å². The highest BCUT2D eigenvalue weighted by atomic mass is 32.2. The molecule has 2 aromatic rings. The Morgan fingerprint density at radius 3 is 1.70 bits per heavy atom. The van der Waals surface area contributed by atoms with Crippen LogP contribution in [-0.4, -0.2) is 45.0 Å². The molecule has 2 unspecified atom stereocenters. The van der Waals surface area contributed by atoms with Gasteiger partial charge in [0.2, 0.25) is 0 Å². The molecule has 2 atom stereocenters. The summed E-state index contributed by atoms with van der Waals surface area (Å²) in [6, 6.07) is 17.7. The van der Waals surface area contributed by atoms with Gasteiger partial charge in [-0.1, -0.05) is 72.8 Å². The number of benzene rings is 2. The normalized spacial score (nSPS) is 20.1. The molecule has 5 heteroatoms. The minimum atomic E-state index is -0.00330. The lowest BCUT2D eigenvalue weighted by Crippen LogP contribution is -2.29. The number of thiol groups is 2. The van der Waals surface area contributed by atoms with Crippen LogP contribution in [0.25, 0.3) is 12.2 Å². The molecule has 0 N–H and O–H groups in total. The molecule has 0 spiro atoms. The maximum Gasteiger partial charge on any atom is 0.0237 e. The zero-order chi connectivity index (χ0) is 22.9. The van der Waals surface area contributed by atoms with Crippen molar-refractivity contribution in [1.29, 1.82) is 0 Å². The van der Waals surface area contributed by atoms with E-state index in [1.807, 2.05) is 11.8 Å². The van der Waals surface area contributed by atoms with Crippen LogP contribution in [-0.2, 0) is 0 Å². The van der Waals surface area contributed by atoms with Gasteiger partial charge >= 0.3 is 0 Å². The predicted molar refractivity (Wildman–Crippen MR) is 163 cm³/mol. The zero-order valence-electron chi connectivity index (χ0n) is 19.1. The van der Waals surface area contributed by atoms with Crippen LogP contribution in [0.15, 0.2) is 60.7 Å². The largest absolute Gasteiger partial charge is 0.179 e. The fourth-order valence-electron chi connectivity index (χ4n) is 4.79. The molecule has 0 saturated carbocycles. The Hall–Kier alpha value is -0.330. The fourth-order valence-corrected chi connectivity index (χ4v) is 9.03. The van der Waals surface area contributed by atoms with Crippen molar-refractivity contribution in [2.75, 3.05) is 40.3 Å². The summed E-state index contributed by atoms with van der Waals surface area (Å²) >= 11 is 15.9. The third-order valence-electron chi connectivity index (χ3n) is 6.36. The number of allylic oxidation sites excluding steroid dienone is 2. The Morgan fingerprint density at radius 1 is 0.667 bits per heavy atom. The van der Waals surface area contributed by atoms with E-state index in [9.17, 15) is 0 Å². The molecule has 2 aliphatic rings. The Bertz CT molecular complexity index is 887. The second kappa shape index (κ2) is 13.1. The van der Waals surface area contributed by atoms with Crippen LogP contribution in [0, 0.1) is 0 Å². The Morgan fingerprint density at radius 2 is 1.15 bits per heavy atom. The monoisotopic (exact) mass is 530 g/mol. The lowest BCUT2D eigenvalue weighted by Gasteiger charge is -2.33. The van der Waals surface area contributed by atoms with Gasteiger partial charge in [0.15, 0.2) is 0 Å². The Balaban J connectivity index is 1.35. The van der Waals surface area contributed by atoms with Crippen molar-refractivity contribution in [3.63, 3.8) is 0 Å². The summed E-state index contributed by atoms with van der Waals surface area (Å²) in [5.74, 6) is 9.12. The second-order valence-electron chi connectivity index (χ2n) is 8.82. The van der Waals surface area contributed by atoms with E-state index in [2.05, 4.69) is 109 Å². The number of hydrogen-bond donors (Lipinski definition) is 2. The van der Waals surface area contributed by atoms with Gasteiger partial charge in [0, 0.05) is 51.1 Å². The third kappa shape index (κ3) is 7.33. The van der Waals surface area contributed by atoms with Crippen molar-refractivity contribution in [2.45, 2.75) is 29.4 Å². The predicted octanol–water partition coefficient (Wildman–Crippen LogP) is 8.19. The van der Waals surface area contributed by atoms with E-state index in [0.717, 1.165) is 30.1 Å². The van der Waals surface area contributed by atoms with Crippen LogP contribution >= 0.6 is 60.5 Å². The average molecular weight is 531 g/mol. The number of thioether (sulfide) groups is 3. The minimum absolute atomic E-state index is 0.00330. The maximum absolute atomic E-state index is 5.43. The van der Waals surface area contributed by atoms with Gasteiger partial charge in [-0.25, -0.2) is 0 Å². The first-order chi connectivity index (χ1) is 16.2. The number of hydrogen-bond acceptors (Lipinski definition) is 5. The molecule has 2 aromatic carbocycles. The molecule has 0 radical (unpaired) electrons. The van der Waals surface area contributed by atoms with Crippen LogP contribution < -0.4 is 0 Å². The van der Waals surface area contributed by atoms with Crippen LogP contribution in [0.4, 0.5) is 0 Å². The maximum atomic E-state index is 5.43. The van der Waals surface area contributed by atoms with Gasteiger partial charge in [-0.3, -0.25) is 0 Å². The standard InChI is InChI=1S/C28H34S5/c29-13-14-31-15-16-32-17-18-33-21-28(30,19-24-11-9-22-5-1-3-7-26(22)24)20-25-12-10-23-6-2-4-8-27(23)25/h1-12,24-25,29-30H,13-21H2. The molecule has 0 fully saturated rings. The van der Waals surface area contributed by atoms with Gasteiger partial charge in [0.05, 0.1) is 0 Å². The van der Waals surface area contributed by atoms with Crippen molar-refractivity contribution in [3.05, 3.63) is 82.9 Å². The molecule has 4 rings (SSSR count). The molecule has 0 saturated heterocycles. The lowest BCUT2D eigenvalue weighted by atomic mass is 9.83. The van der Waals surface area contributed by atoms with E-state index in [1.165, 1.54) is 45.3 Å². The quantitative estimate of drug-likeness (QED) is 0.187. The topological polar surface area (TPSA) is 0 Å². The van der Waals surface area contributed by atoms with Crippen molar-refractivity contribution in [1.82, 2.24) is 0 Å². The molecule has 0 aromatic heterocycles. The molecular weight excluding hydrogens is 497 g/mol. The van der Waals surface area contributed by atoms with E-state index in [1.54, 1.807) is 0 Å². The smallest absolute Gasteiger partial charge is 0.0237 e. The number of fused-ring (bicyclic) bond motifs is 2. The fraction of sp³-hybridized carbons (Fsp3) is 0.429. The first-order valence-corrected chi connectivity index (χ1v) is 16.3. The third-order valence-corrected chi connectivity index (χ3v) is 11.4. The zero-order valence-corrected chi connectivity index (χ0v) is 23.3. The molecule has 0 nitrogen and oxygen atoms in total. The SMILES string of the molecule is SCCSCCSCCSCC(S)(CC1C=Cc2ccccc21)CC1C=Cc2ccccc21. The summed E-state index contributed by atoms with van der Waals surface area (Å²) in [6.07, 6.45) is 11.6. The summed E-state index contributed by atoms with van der Waals surface area (Å²) in [6.45, 7) is 0. The highest BCUT2D eigenvalue weighted by molar-refractivity contribution is 8.04.